The first kappa shape index (κ1) is 23.5. The van der Waals surface area contributed by atoms with E-state index in [2.05, 4.69) is 25.3 Å². The van der Waals surface area contributed by atoms with Gasteiger partial charge in [0.05, 0.1) is 16.7 Å². The summed E-state index contributed by atoms with van der Waals surface area (Å²) >= 11 is 0. The molecular formula is C24H38N4O3S. The summed E-state index contributed by atoms with van der Waals surface area (Å²) in [6, 6.07) is 5.90. The van der Waals surface area contributed by atoms with Gasteiger partial charge in [-0.2, -0.15) is 12.7 Å². The van der Waals surface area contributed by atoms with Crippen LogP contribution in [0.15, 0.2) is 18.2 Å². The Morgan fingerprint density at radius 3 is 2.38 bits per heavy atom. The molecule has 0 N–H and O–H groups in total. The zero-order valence-electron chi connectivity index (χ0n) is 20.0. The van der Waals surface area contributed by atoms with E-state index in [1.807, 2.05) is 18.2 Å². The molecule has 8 heteroatoms. The molecule has 0 saturated carbocycles. The molecule has 0 bridgehead atoms. The van der Waals surface area contributed by atoms with Crippen molar-refractivity contribution in [1.82, 2.24) is 13.9 Å². The Labute approximate surface area is 192 Å². The Balaban J connectivity index is 1.67. The topological polar surface area (TPSA) is 67.7 Å². The van der Waals surface area contributed by atoms with Gasteiger partial charge in [0.2, 0.25) is 0 Å². The van der Waals surface area contributed by atoms with Crippen molar-refractivity contribution in [3.05, 3.63) is 24.0 Å². The van der Waals surface area contributed by atoms with E-state index in [1.54, 1.807) is 11.4 Å². The number of anilines is 1. The van der Waals surface area contributed by atoms with Crippen molar-refractivity contribution < 1.29 is 13.2 Å². The van der Waals surface area contributed by atoms with Crippen LogP contribution in [0.3, 0.4) is 0 Å². The zero-order chi connectivity index (χ0) is 22.9. The first-order valence-corrected chi connectivity index (χ1v) is 13.4. The molecule has 3 heterocycles. The second kappa shape index (κ2) is 9.31. The van der Waals surface area contributed by atoms with E-state index >= 15 is 0 Å². The lowest BCUT2D eigenvalue weighted by molar-refractivity contribution is 0.0611. The predicted octanol–water partition coefficient (Wildman–Crippen LogP) is 4.32. The van der Waals surface area contributed by atoms with Crippen LogP contribution in [-0.4, -0.2) is 55.6 Å². The molecule has 2 aliphatic rings. The van der Waals surface area contributed by atoms with Gasteiger partial charge in [-0.1, -0.05) is 33.6 Å². The summed E-state index contributed by atoms with van der Waals surface area (Å²) in [6.07, 6.45) is 6.19. The van der Waals surface area contributed by atoms with Gasteiger partial charge in [-0.3, -0.25) is 4.31 Å². The van der Waals surface area contributed by atoms with E-state index in [0.29, 0.717) is 24.7 Å². The van der Waals surface area contributed by atoms with Gasteiger partial charge in [-0.15, -0.1) is 0 Å². The van der Waals surface area contributed by atoms with Crippen LogP contribution in [-0.2, 0) is 26.9 Å². The summed E-state index contributed by atoms with van der Waals surface area (Å²) in [5.41, 5.74) is 2.50. The van der Waals surface area contributed by atoms with Gasteiger partial charge in [-0.05, 0) is 49.8 Å². The van der Waals surface area contributed by atoms with E-state index in [9.17, 15) is 8.42 Å². The van der Waals surface area contributed by atoms with Gasteiger partial charge in [0.25, 0.3) is 0 Å². The molecule has 7 nitrogen and oxygen atoms in total. The van der Waals surface area contributed by atoms with Crippen LogP contribution in [0.2, 0.25) is 0 Å². The third kappa shape index (κ3) is 4.82. The number of benzene rings is 1. The van der Waals surface area contributed by atoms with Crippen molar-refractivity contribution in [2.45, 2.75) is 71.3 Å². The second-order valence-corrected chi connectivity index (χ2v) is 12.3. The van der Waals surface area contributed by atoms with Crippen molar-refractivity contribution in [3.63, 3.8) is 0 Å². The largest absolute Gasteiger partial charge is 0.381 e. The third-order valence-corrected chi connectivity index (χ3v) is 8.71. The van der Waals surface area contributed by atoms with Crippen molar-refractivity contribution in [2.24, 2.45) is 5.92 Å². The quantitative estimate of drug-likeness (QED) is 0.664. The molecule has 2 fully saturated rings. The lowest BCUT2D eigenvalue weighted by Gasteiger charge is -2.28. The van der Waals surface area contributed by atoms with E-state index in [4.69, 9.17) is 9.72 Å². The standard InChI is InChI=1S/C24H38N4O3S/c1-24(2,3)23-25-21-17-20(26(4)32(29,30)27-13-7-5-6-8-14-27)9-10-22(21)28(23)18-19-11-15-31-16-12-19/h9-10,17,19H,5-8,11-16,18H2,1-4H3. The van der Waals surface area contributed by atoms with Gasteiger partial charge in [-0.25, -0.2) is 4.98 Å². The van der Waals surface area contributed by atoms with Crippen molar-refractivity contribution in [2.75, 3.05) is 37.7 Å². The fourth-order valence-corrected chi connectivity index (χ4v) is 6.28. The molecule has 4 rings (SSSR count). The fraction of sp³-hybridized carbons (Fsp3) is 0.708. The maximum atomic E-state index is 13.3. The molecule has 0 amide bonds. The van der Waals surface area contributed by atoms with Gasteiger partial charge in [0, 0.05) is 45.3 Å². The molecule has 0 unspecified atom stereocenters. The molecule has 0 spiro atoms. The molecular weight excluding hydrogens is 424 g/mol. The number of aromatic nitrogens is 2. The third-order valence-electron chi connectivity index (χ3n) is 6.79. The molecule has 32 heavy (non-hydrogen) atoms. The van der Waals surface area contributed by atoms with Crippen LogP contribution < -0.4 is 4.31 Å². The number of imidazole rings is 1. The molecule has 0 atom stereocenters. The van der Waals surface area contributed by atoms with Gasteiger partial charge in [0.1, 0.15) is 5.82 Å². The minimum absolute atomic E-state index is 0.103. The molecule has 2 saturated heterocycles. The first-order valence-electron chi connectivity index (χ1n) is 12.0. The smallest absolute Gasteiger partial charge is 0.303 e. The number of hydrogen-bond donors (Lipinski definition) is 0. The SMILES string of the molecule is CN(c1ccc2c(c1)nc(C(C)(C)C)n2CC1CCOCC1)S(=O)(=O)N1CCCCCC1. The second-order valence-electron chi connectivity index (χ2n) is 10.3. The maximum absolute atomic E-state index is 13.3. The van der Waals surface area contributed by atoms with Gasteiger partial charge >= 0.3 is 10.2 Å². The van der Waals surface area contributed by atoms with E-state index in [-0.39, 0.29) is 5.41 Å². The summed E-state index contributed by atoms with van der Waals surface area (Å²) < 4.78 is 37.5. The Bertz CT molecular complexity index is 1030. The van der Waals surface area contributed by atoms with Crippen LogP contribution in [0.1, 0.15) is 65.1 Å². The number of nitrogens with zero attached hydrogens (tertiary/aromatic N) is 4. The normalized spacial score (nSPS) is 19.9. The van der Waals surface area contributed by atoms with Crippen LogP contribution in [0.5, 0.6) is 0 Å². The zero-order valence-corrected chi connectivity index (χ0v) is 20.8. The molecule has 2 aromatic rings. The molecule has 2 aliphatic heterocycles. The average Bonchev–Trinajstić information content (AvgIpc) is 2.93. The minimum atomic E-state index is -3.54. The Morgan fingerprint density at radius 1 is 1.09 bits per heavy atom. The molecule has 0 radical (unpaired) electrons. The highest BCUT2D eigenvalue weighted by molar-refractivity contribution is 7.90. The van der Waals surface area contributed by atoms with Gasteiger partial charge in [0.15, 0.2) is 0 Å². The van der Waals surface area contributed by atoms with Gasteiger partial charge < -0.3 is 9.30 Å². The van der Waals surface area contributed by atoms with Crippen LogP contribution >= 0.6 is 0 Å². The van der Waals surface area contributed by atoms with Crippen molar-refractivity contribution >= 4 is 26.9 Å². The average molecular weight is 463 g/mol. The lowest BCUT2D eigenvalue weighted by atomic mass is 9.94. The summed E-state index contributed by atoms with van der Waals surface area (Å²) in [7, 11) is -1.89. The van der Waals surface area contributed by atoms with Crippen LogP contribution in [0, 0.1) is 5.92 Å². The summed E-state index contributed by atoms with van der Waals surface area (Å²) in [5.74, 6) is 1.63. The summed E-state index contributed by atoms with van der Waals surface area (Å²) in [5, 5.41) is 0. The van der Waals surface area contributed by atoms with E-state index in [0.717, 1.165) is 75.1 Å². The molecule has 1 aromatic carbocycles. The van der Waals surface area contributed by atoms with E-state index in [1.165, 1.54) is 4.31 Å². The van der Waals surface area contributed by atoms with Crippen molar-refractivity contribution in [3.8, 4) is 0 Å². The fourth-order valence-electron chi connectivity index (χ4n) is 4.84. The lowest BCUT2D eigenvalue weighted by Crippen LogP contribution is -2.42. The van der Waals surface area contributed by atoms with Crippen LogP contribution in [0.25, 0.3) is 11.0 Å². The Kier molecular flexibility index (Phi) is 6.84. The monoisotopic (exact) mass is 462 g/mol. The molecule has 1 aromatic heterocycles. The number of ether oxygens (including phenoxy) is 1. The predicted molar refractivity (Wildman–Crippen MR) is 129 cm³/mol. The number of rotatable bonds is 5. The summed E-state index contributed by atoms with van der Waals surface area (Å²) in [4.78, 5) is 5.00. The highest BCUT2D eigenvalue weighted by Gasteiger charge is 2.29. The highest BCUT2D eigenvalue weighted by Crippen LogP contribution is 2.32. The first-order chi connectivity index (χ1) is 15.2. The highest BCUT2D eigenvalue weighted by atomic mass is 32.2. The van der Waals surface area contributed by atoms with Crippen molar-refractivity contribution in [1.29, 1.82) is 0 Å². The molecule has 0 aliphatic carbocycles. The summed E-state index contributed by atoms with van der Waals surface area (Å²) in [6.45, 7) is 10.3. The van der Waals surface area contributed by atoms with E-state index < -0.39 is 10.2 Å². The minimum Gasteiger partial charge on any atom is -0.381 e. The maximum Gasteiger partial charge on any atom is 0.303 e. The number of fused-ring (bicyclic) bond motifs is 1. The number of hydrogen-bond acceptors (Lipinski definition) is 4. The Morgan fingerprint density at radius 2 is 1.75 bits per heavy atom. The van der Waals surface area contributed by atoms with Crippen LogP contribution in [0.4, 0.5) is 5.69 Å². The molecule has 178 valence electrons. The Hall–Kier alpha value is -1.64.